The lowest BCUT2D eigenvalue weighted by Crippen LogP contribution is -2.09. The summed E-state index contributed by atoms with van der Waals surface area (Å²) in [6.45, 7) is 7.29. The van der Waals surface area contributed by atoms with Gasteiger partial charge >= 0.3 is 0 Å². The van der Waals surface area contributed by atoms with Crippen LogP contribution in [0.3, 0.4) is 0 Å². The van der Waals surface area contributed by atoms with E-state index < -0.39 is 5.83 Å². The van der Waals surface area contributed by atoms with Crippen molar-refractivity contribution in [2.45, 2.75) is 34.1 Å². The van der Waals surface area contributed by atoms with E-state index >= 15 is 0 Å². The summed E-state index contributed by atoms with van der Waals surface area (Å²) in [5.74, 6) is 1.51. The summed E-state index contributed by atoms with van der Waals surface area (Å²) in [5.41, 5.74) is 2.02. The van der Waals surface area contributed by atoms with Crippen LogP contribution < -0.4 is 5.32 Å². The van der Waals surface area contributed by atoms with Gasteiger partial charge < -0.3 is 14.3 Å². The molecule has 0 aliphatic carbocycles. The van der Waals surface area contributed by atoms with Crippen LogP contribution in [0.5, 0.6) is 0 Å². The Labute approximate surface area is 192 Å². The first kappa shape index (κ1) is 24.3. The molecular weight excluding hydrogens is 489 g/mol. The first-order valence-corrected chi connectivity index (χ1v) is 11.8. The van der Waals surface area contributed by atoms with Crippen LogP contribution in [0.25, 0.3) is 10.7 Å². The third-order valence-corrected chi connectivity index (χ3v) is 6.21. The number of anilines is 1. The molecule has 0 atom stereocenters. The fourth-order valence-corrected chi connectivity index (χ4v) is 4.20. The lowest BCUT2D eigenvalue weighted by molar-refractivity contribution is -0.105. The highest BCUT2D eigenvalue weighted by Crippen LogP contribution is 2.32. The molecule has 0 saturated heterocycles. The van der Waals surface area contributed by atoms with Gasteiger partial charge in [0.05, 0.1) is 32.2 Å². The number of hydrogen-bond acceptors (Lipinski definition) is 7. The minimum absolute atomic E-state index is 0.227. The number of aryl methyl sites for hydroxylation is 1. The Kier molecular flexibility index (Phi) is 9.74. The molecule has 0 radical (unpaired) electrons. The SMILES string of the molecule is C\C=C(F)/C(=C\C=C(/C)OSCC=O)Nc1nc(-c2ccc(Br)s2)nc(C)c1CC. The zero-order valence-corrected chi connectivity index (χ0v) is 20.4. The summed E-state index contributed by atoms with van der Waals surface area (Å²) < 4.78 is 20.9. The number of hydrogen-bond donors (Lipinski definition) is 1. The molecule has 0 aromatic carbocycles. The van der Waals surface area contributed by atoms with Gasteiger partial charge in [0.1, 0.15) is 23.7 Å². The Morgan fingerprint density at radius 1 is 1.37 bits per heavy atom. The number of aromatic nitrogens is 2. The molecule has 2 heterocycles. The van der Waals surface area contributed by atoms with Gasteiger partial charge in [-0.05, 0) is 73.5 Å². The average molecular weight is 512 g/mol. The quantitative estimate of drug-likeness (QED) is 0.125. The number of aldehydes is 1. The fourth-order valence-electron chi connectivity index (χ4n) is 2.51. The second kappa shape index (κ2) is 12.0. The van der Waals surface area contributed by atoms with E-state index in [1.165, 1.54) is 17.4 Å². The second-order valence-electron chi connectivity index (χ2n) is 6.07. The lowest BCUT2D eigenvalue weighted by atomic mass is 10.1. The Bertz CT molecular complexity index is 987. The van der Waals surface area contributed by atoms with Gasteiger partial charge in [0.25, 0.3) is 0 Å². The molecule has 0 saturated carbocycles. The molecule has 0 fully saturated rings. The summed E-state index contributed by atoms with van der Waals surface area (Å²) in [7, 11) is 0. The predicted octanol–water partition coefficient (Wildman–Crippen LogP) is 6.78. The molecule has 2 rings (SSSR count). The van der Waals surface area contributed by atoms with Gasteiger partial charge in [-0.15, -0.1) is 11.3 Å². The highest BCUT2D eigenvalue weighted by molar-refractivity contribution is 9.11. The minimum Gasteiger partial charge on any atom is -0.430 e. The largest absolute Gasteiger partial charge is 0.430 e. The maximum Gasteiger partial charge on any atom is 0.171 e. The van der Waals surface area contributed by atoms with Crippen molar-refractivity contribution in [1.82, 2.24) is 9.97 Å². The Morgan fingerprint density at radius 2 is 2.13 bits per heavy atom. The smallest absolute Gasteiger partial charge is 0.171 e. The molecule has 2 aromatic rings. The van der Waals surface area contributed by atoms with Gasteiger partial charge in [0.15, 0.2) is 5.82 Å². The third-order valence-electron chi connectivity index (χ3n) is 3.94. The summed E-state index contributed by atoms with van der Waals surface area (Å²) in [5, 5.41) is 3.13. The molecule has 0 aliphatic rings. The van der Waals surface area contributed by atoms with Crippen LogP contribution in [0.4, 0.5) is 10.2 Å². The van der Waals surface area contributed by atoms with Crippen molar-refractivity contribution >= 4 is 51.4 Å². The van der Waals surface area contributed by atoms with E-state index in [0.717, 1.165) is 38.2 Å². The van der Waals surface area contributed by atoms with Crippen LogP contribution in [0.15, 0.2) is 51.4 Å². The zero-order valence-electron chi connectivity index (χ0n) is 17.2. The molecule has 5 nitrogen and oxygen atoms in total. The normalized spacial score (nSPS) is 12.8. The van der Waals surface area contributed by atoms with Crippen LogP contribution in [0, 0.1) is 6.92 Å². The summed E-state index contributed by atoms with van der Waals surface area (Å²) >= 11 is 6.02. The van der Waals surface area contributed by atoms with E-state index in [0.29, 0.717) is 23.8 Å². The maximum atomic E-state index is 14.6. The number of thiophene rings is 1. The van der Waals surface area contributed by atoms with Gasteiger partial charge in [-0.25, -0.2) is 14.4 Å². The van der Waals surface area contributed by atoms with Crippen molar-refractivity contribution in [1.29, 1.82) is 0 Å². The van der Waals surface area contributed by atoms with Gasteiger partial charge in [-0.2, -0.15) is 0 Å². The van der Waals surface area contributed by atoms with Crippen LogP contribution in [-0.2, 0) is 15.4 Å². The van der Waals surface area contributed by atoms with Gasteiger partial charge in [0, 0.05) is 11.3 Å². The van der Waals surface area contributed by atoms with Crippen LogP contribution in [-0.4, -0.2) is 22.0 Å². The van der Waals surface area contributed by atoms with E-state index in [1.54, 1.807) is 26.0 Å². The second-order valence-corrected chi connectivity index (χ2v) is 9.27. The van der Waals surface area contributed by atoms with Crippen molar-refractivity contribution in [3.63, 3.8) is 0 Å². The standard InChI is InChI=1S/C21H23BrFN3O2S2/c1-5-15-14(4)24-21(18-9-10-19(22)30-18)26-20(15)25-17(16(23)6-2)8-7-13(3)28-29-12-11-27/h6-11H,5,12H2,1-4H3,(H,24,25,26)/b13-7+,16-6+,17-8+. The Balaban J connectivity index is 2.41. The van der Waals surface area contributed by atoms with E-state index in [1.807, 2.05) is 26.0 Å². The molecule has 1 N–H and O–H groups in total. The molecule has 9 heteroatoms. The number of halogens is 2. The van der Waals surface area contributed by atoms with Crippen molar-refractivity contribution < 1.29 is 13.4 Å². The number of carbonyl (C=O) groups is 1. The van der Waals surface area contributed by atoms with Gasteiger partial charge in [-0.3, -0.25) is 0 Å². The summed E-state index contributed by atoms with van der Waals surface area (Å²) in [6, 6.07) is 3.89. The van der Waals surface area contributed by atoms with E-state index in [2.05, 4.69) is 31.2 Å². The lowest BCUT2D eigenvalue weighted by Gasteiger charge is -2.15. The molecule has 0 aliphatic heterocycles. The maximum absolute atomic E-state index is 14.6. The number of nitrogens with zero attached hydrogens (tertiary/aromatic N) is 2. The van der Waals surface area contributed by atoms with Crippen LogP contribution in [0.2, 0.25) is 0 Å². The molecular formula is C21H23BrFN3O2S2. The van der Waals surface area contributed by atoms with Crippen LogP contribution >= 0.6 is 39.3 Å². The molecule has 0 bridgehead atoms. The first-order valence-electron chi connectivity index (χ1n) is 9.23. The molecule has 0 unspecified atom stereocenters. The predicted molar refractivity (Wildman–Crippen MR) is 127 cm³/mol. The number of carbonyl (C=O) groups excluding carboxylic acids is 1. The number of allylic oxidation sites excluding steroid dienone is 5. The molecule has 2 aromatic heterocycles. The van der Waals surface area contributed by atoms with Crippen molar-refractivity contribution in [2.75, 3.05) is 11.1 Å². The van der Waals surface area contributed by atoms with E-state index in [4.69, 9.17) is 4.18 Å². The Morgan fingerprint density at radius 3 is 2.73 bits per heavy atom. The van der Waals surface area contributed by atoms with Gasteiger partial charge in [-0.1, -0.05) is 6.92 Å². The molecule has 30 heavy (non-hydrogen) atoms. The van der Waals surface area contributed by atoms with Crippen molar-refractivity contribution in [3.8, 4) is 10.7 Å². The van der Waals surface area contributed by atoms with Crippen molar-refractivity contribution in [3.05, 3.63) is 62.7 Å². The summed E-state index contributed by atoms with van der Waals surface area (Å²) in [6.07, 6.45) is 6.06. The average Bonchev–Trinajstić information content (AvgIpc) is 3.16. The Hall–Kier alpha value is -1.97. The molecule has 0 amide bonds. The third kappa shape index (κ3) is 6.78. The van der Waals surface area contributed by atoms with Crippen molar-refractivity contribution in [2.24, 2.45) is 0 Å². The minimum atomic E-state index is -0.418. The molecule has 0 spiro atoms. The van der Waals surface area contributed by atoms with Gasteiger partial charge in [0.2, 0.25) is 0 Å². The molecule has 160 valence electrons. The topological polar surface area (TPSA) is 64.1 Å². The van der Waals surface area contributed by atoms with E-state index in [9.17, 15) is 9.18 Å². The highest BCUT2D eigenvalue weighted by Gasteiger charge is 2.15. The number of nitrogens with one attached hydrogen (secondary N) is 1. The number of rotatable bonds is 10. The first-order chi connectivity index (χ1) is 14.4. The monoisotopic (exact) mass is 511 g/mol. The summed E-state index contributed by atoms with van der Waals surface area (Å²) in [4.78, 5) is 20.6. The van der Waals surface area contributed by atoms with E-state index in [-0.39, 0.29) is 11.4 Å². The zero-order chi connectivity index (χ0) is 22.1. The highest BCUT2D eigenvalue weighted by atomic mass is 79.9. The fraction of sp³-hybridized carbons (Fsp3) is 0.286. The van der Waals surface area contributed by atoms with Crippen LogP contribution in [0.1, 0.15) is 32.0 Å².